The molecule has 0 amide bonds. The van der Waals surface area contributed by atoms with Crippen LogP contribution in [0.3, 0.4) is 0 Å². The third-order valence-corrected chi connectivity index (χ3v) is 12.4. The zero-order valence-corrected chi connectivity index (χ0v) is 46.2. The summed E-state index contributed by atoms with van der Waals surface area (Å²) in [4.78, 5) is 49.4. The van der Waals surface area contributed by atoms with E-state index in [9.17, 15) is 45.1 Å². The molecule has 14 nitrogen and oxygen atoms in total. The van der Waals surface area contributed by atoms with E-state index >= 15 is 0 Å². The van der Waals surface area contributed by atoms with Crippen LogP contribution in [0.25, 0.3) is 0 Å². The van der Waals surface area contributed by atoms with Crippen molar-refractivity contribution in [3.63, 3.8) is 0 Å². The molecule has 0 bridgehead atoms. The van der Waals surface area contributed by atoms with E-state index in [1.54, 1.807) is 0 Å². The minimum atomic E-state index is -4.88. The number of unbranched alkanes of at least 4 members (excludes halogenated alkanes) is 8. The molecular formula is C48H74BaO14S2. The van der Waals surface area contributed by atoms with Crippen LogP contribution in [-0.2, 0) is 39.2 Å². The van der Waals surface area contributed by atoms with E-state index in [4.69, 9.17) is 18.9 Å². The minimum Gasteiger partial charge on any atom is -0.744 e. The normalized spacial score (nSPS) is 13.2. The summed E-state index contributed by atoms with van der Waals surface area (Å²) in [5.74, 6) is -3.04. The van der Waals surface area contributed by atoms with E-state index in [1.165, 1.54) is 12.1 Å². The van der Waals surface area contributed by atoms with E-state index in [2.05, 4.69) is 27.7 Å². The average molecular weight is 1080 g/mol. The second kappa shape index (κ2) is 34.1. The average Bonchev–Trinajstić information content (AvgIpc) is 3.26. The predicted molar refractivity (Wildman–Crippen MR) is 249 cm³/mol. The number of carbonyl (C=O) groups excluding carboxylic acids is 4. The number of rotatable bonds is 30. The van der Waals surface area contributed by atoms with Crippen LogP contribution in [0.5, 0.6) is 0 Å². The Kier molecular flexibility index (Phi) is 32.9. The molecule has 0 aliphatic heterocycles. The summed E-state index contributed by atoms with van der Waals surface area (Å²) in [6.45, 7) is 15.9. The van der Waals surface area contributed by atoms with Crippen molar-refractivity contribution < 1.29 is 64.1 Å². The number of ether oxygens (including phenoxy) is 4. The Balaban J connectivity index is 0.00000124. The maximum Gasteiger partial charge on any atom is 2.00 e. The molecular weight excluding hydrogens is 1000 g/mol. The van der Waals surface area contributed by atoms with Crippen LogP contribution >= 0.6 is 0 Å². The zero-order chi connectivity index (χ0) is 48.3. The van der Waals surface area contributed by atoms with Crippen LogP contribution in [0, 0.1) is 0 Å². The van der Waals surface area contributed by atoms with Crippen molar-refractivity contribution in [2.45, 2.75) is 218 Å². The molecule has 4 atom stereocenters. The summed E-state index contributed by atoms with van der Waals surface area (Å²) in [5.41, 5.74) is -0.604. The van der Waals surface area contributed by atoms with Crippen LogP contribution in [0.4, 0.5) is 0 Å². The molecule has 2 aromatic carbocycles. The molecule has 2 rings (SSSR count). The topological polar surface area (TPSA) is 220 Å². The molecule has 4 unspecified atom stereocenters. The van der Waals surface area contributed by atoms with Crippen molar-refractivity contribution in [2.24, 2.45) is 0 Å². The first-order valence-corrected chi connectivity index (χ1v) is 26.2. The number of hydrogen-bond donors (Lipinski definition) is 0. The van der Waals surface area contributed by atoms with Crippen LogP contribution in [-0.4, -0.2) is 123 Å². The van der Waals surface area contributed by atoms with E-state index in [0.29, 0.717) is 51.4 Å². The Hall–Kier alpha value is -2.29. The second-order valence-corrected chi connectivity index (χ2v) is 18.9. The van der Waals surface area contributed by atoms with Gasteiger partial charge in [0, 0.05) is 0 Å². The van der Waals surface area contributed by atoms with Gasteiger partial charge in [0.2, 0.25) is 0 Å². The first kappa shape index (κ1) is 62.7. The van der Waals surface area contributed by atoms with Gasteiger partial charge in [0.1, 0.15) is 44.7 Å². The Morgan fingerprint density at radius 2 is 0.600 bits per heavy atom. The Morgan fingerprint density at radius 1 is 0.400 bits per heavy atom. The van der Waals surface area contributed by atoms with Gasteiger partial charge in [0.25, 0.3) is 0 Å². The van der Waals surface area contributed by atoms with Crippen LogP contribution in [0.15, 0.2) is 46.2 Å². The fourth-order valence-electron chi connectivity index (χ4n) is 6.71. The minimum absolute atomic E-state index is 0. The van der Waals surface area contributed by atoms with E-state index < -0.39 is 53.9 Å². The summed E-state index contributed by atoms with van der Waals surface area (Å²) in [6.07, 6.45) is 15.8. The molecule has 0 saturated carbocycles. The summed E-state index contributed by atoms with van der Waals surface area (Å²) >= 11 is 0. The van der Waals surface area contributed by atoms with Gasteiger partial charge < -0.3 is 28.1 Å². The maximum absolute atomic E-state index is 12.7. The van der Waals surface area contributed by atoms with Gasteiger partial charge in [-0.25, -0.2) is 36.0 Å². The maximum atomic E-state index is 12.7. The fraction of sp³-hybridized carbons (Fsp3) is 0.667. The van der Waals surface area contributed by atoms with Crippen molar-refractivity contribution >= 4 is 93.0 Å². The van der Waals surface area contributed by atoms with Gasteiger partial charge in [0.05, 0.1) is 32.0 Å². The van der Waals surface area contributed by atoms with Crippen molar-refractivity contribution in [2.75, 3.05) is 0 Å². The second-order valence-electron chi connectivity index (χ2n) is 16.1. The first-order chi connectivity index (χ1) is 30.3. The molecule has 0 aromatic heterocycles. The monoisotopic (exact) mass is 1080 g/mol. The fourth-order valence-corrected chi connectivity index (χ4v) is 7.79. The quantitative estimate of drug-likeness (QED) is 0.0234. The van der Waals surface area contributed by atoms with Gasteiger partial charge in [0.15, 0.2) is 0 Å². The van der Waals surface area contributed by atoms with Crippen LogP contribution in [0.2, 0.25) is 0 Å². The molecule has 0 aliphatic rings. The molecule has 0 saturated heterocycles. The molecule has 0 radical (unpaired) electrons. The Morgan fingerprint density at radius 3 is 0.754 bits per heavy atom. The third kappa shape index (κ3) is 25.1. The molecule has 17 heteroatoms. The van der Waals surface area contributed by atoms with Gasteiger partial charge in [-0.2, -0.15) is 0 Å². The zero-order valence-electron chi connectivity index (χ0n) is 40.2. The van der Waals surface area contributed by atoms with Gasteiger partial charge in [-0.15, -0.1) is 0 Å². The molecule has 0 N–H and O–H groups in total. The summed E-state index contributed by atoms with van der Waals surface area (Å²) in [5, 5.41) is 0. The van der Waals surface area contributed by atoms with Crippen molar-refractivity contribution in [3.05, 3.63) is 58.7 Å². The number of esters is 4. The summed E-state index contributed by atoms with van der Waals surface area (Å²) in [6, 6.07) is 6.29. The SMILES string of the molecule is CCCCCC(CC)OC(=O)c1cc(C(=O)OC(CC)CCCCC)cc(S(=O)(=O)[O-])c1.CCCCCC(CC)OC(=O)c1cc(C(=O)OC(CC)CCCCC)cc(S(=O)(=O)[O-])c1.[Ba+2]. The van der Waals surface area contributed by atoms with Crippen LogP contribution < -0.4 is 0 Å². The molecule has 2 aromatic rings. The van der Waals surface area contributed by atoms with Gasteiger partial charge in [-0.05, 0) is 113 Å². The third-order valence-electron chi connectivity index (χ3n) is 10.8. The standard InChI is InChI=1S/2C24H38O7S.Ba/c2*1-5-9-11-13-20(7-3)30-23(25)18-15-19(17-22(16-18)32(27,28)29)24(26)31-21(8-4)14-12-10-6-2;/h2*15-17,20-21H,5-14H2,1-4H3,(H,27,28,29);/q;;+2/p-2. The molecule has 0 fully saturated rings. The number of hydrogen-bond acceptors (Lipinski definition) is 14. The molecule has 0 spiro atoms. The smallest absolute Gasteiger partial charge is 0.744 e. The summed E-state index contributed by atoms with van der Waals surface area (Å²) < 4.78 is 91.8. The van der Waals surface area contributed by atoms with Crippen LogP contribution in [0.1, 0.15) is 225 Å². The van der Waals surface area contributed by atoms with E-state index in [-0.39, 0.29) is 95.6 Å². The van der Waals surface area contributed by atoms with Crippen molar-refractivity contribution in [1.29, 1.82) is 0 Å². The Labute approximate surface area is 430 Å². The predicted octanol–water partition coefficient (Wildman–Crippen LogP) is 10.9. The van der Waals surface area contributed by atoms with Crippen molar-refractivity contribution in [3.8, 4) is 0 Å². The Bertz CT molecular complexity index is 1710. The van der Waals surface area contributed by atoms with Gasteiger partial charge in [-0.3, -0.25) is 0 Å². The summed E-state index contributed by atoms with van der Waals surface area (Å²) in [7, 11) is -9.77. The molecule has 0 heterocycles. The van der Waals surface area contributed by atoms with Crippen molar-refractivity contribution in [1.82, 2.24) is 0 Å². The molecule has 364 valence electrons. The number of carbonyl (C=O) groups is 4. The molecule has 0 aliphatic carbocycles. The van der Waals surface area contributed by atoms with E-state index in [1.807, 2.05) is 27.7 Å². The van der Waals surface area contributed by atoms with Gasteiger partial charge >= 0.3 is 72.8 Å². The first-order valence-electron chi connectivity index (χ1n) is 23.4. The van der Waals surface area contributed by atoms with E-state index in [0.717, 1.165) is 101 Å². The molecule has 65 heavy (non-hydrogen) atoms. The number of benzene rings is 2. The largest absolute Gasteiger partial charge is 2.00 e. The van der Waals surface area contributed by atoms with Gasteiger partial charge in [-0.1, -0.05) is 107 Å².